The van der Waals surface area contributed by atoms with Crippen molar-refractivity contribution < 1.29 is 9.59 Å². The molecule has 0 aromatic heterocycles. The summed E-state index contributed by atoms with van der Waals surface area (Å²) in [6, 6.07) is 0. The lowest BCUT2D eigenvalue weighted by molar-refractivity contribution is -0.127. The van der Waals surface area contributed by atoms with Crippen molar-refractivity contribution in [3.63, 3.8) is 0 Å². The topological polar surface area (TPSA) is 34.1 Å². The standard InChI is InChI=1S/C9H14O2/c1-3-4-7-5-8(10)6(2)9(7)11/h6-7H,3-5H2,1-2H3. The average molecular weight is 154 g/mol. The van der Waals surface area contributed by atoms with Crippen LogP contribution < -0.4 is 0 Å². The Labute approximate surface area is 67.0 Å². The Morgan fingerprint density at radius 3 is 2.45 bits per heavy atom. The van der Waals surface area contributed by atoms with Gasteiger partial charge in [0.2, 0.25) is 0 Å². The molecule has 0 aromatic rings. The Bertz CT molecular complexity index is 184. The normalized spacial score (nSPS) is 31.5. The summed E-state index contributed by atoms with van der Waals surface area (Å²) in [7, 11) is 0. The number of carbonyl (C=O) groups is 2. The van der Waals surface area contributed by atoms with Gasteiger partial charge in [0.25, 0.3) is 0 Å². The summed E-state index contributed by atoms with van der Waals surface area (Å²) in [6.07, 6.45) is 2.37. The monoisotopic (exact) mass is 154 g/mol. The Hall–Kier alpha value is -0.660. The number of hydrogen-bond acceptors (Lipinski definition) is 2. The van der Waals surface area contributed by atoms with Crippen molar-refractivity contribution in [2.75, 3.05) is 0 Å². The molecule has 2 atom stereocenters. The van der Waals surface area contributed by atoms with E-state index in [2.05, 4.69) is 0 Å². The Balaban J connectivity index is 2.60. The molecule has 0 spiro atoms. The maximum atomic E-state index is 11.3. The smallest absolute Gasteiger partial charge is 0.146 e. The molecule has 0 aliphatic heterocycles. The van der Waals surface area contributed by atoms with Gasteiger partial charge in [0.1, 0.15) is 11.6 Å². The van der Waals surface area contributed by atoms with Gasteiger partial charge in [0, 0.05) is 12.3 Å². The van der Waals surface area contributed by atoms with Gasteiger partial charge in [-0.2, -0.15) is 0 Å². The van der Waals surface area contributed by atoms with Gasteiger partial charge >= 0.3 is 0 Å². The molecule has 1 aliphatic carbocycles. The molecular weight excluding hydrogens is 140 g/mol. The van der Waals surface area contributed by atoms with Gasteiger partial charge in [-0.1, -0.05) is 13.3 Å². The second kappa shape index (κ2) is 3.16. The van der Waals surface area contributed by atoms with Crippen LogP contribution in [0.3, 0.4) is 0 Å². The molecular formula is C9H14O2. The maximum Gasteiger partial charge on any atom is 0.146 e. The van der Waals surface area contributed by atoms with Crippen LogP contribution in [0.2, 0.25) is 0 Å². The molecule has 0 aromatic carbocycles. The van der Waals surface area contributed by atoms with E-state index in [0.29, 0.717) is 6.42 Å². The van der Waals surface area contributed by atoms with E-state index in [1.165, 1.54) is 0 Å². The summed E-state index contributed by atoms with van der Waals surface area (Å²) in [6.45, 7) is 3.76. The fourth-order valence-electron chi connectivity index (χ4n) is 1.63. The summed E-state index contributed by atoms with van der Waals surface area (Å²) in [5.74, 6) is 0.0272. The molecule has 0 bridgehead atoms. The van der Waals surface area contributed by atoms with Gasteiger partial charge < -0.3 is 0 Å². The number of Topliss-reactive ketones (excluding diaryl/α,β-unsaturated/α-hetero) is 2. The highest BCUT2D eigenvalue weighted by molar-refractivity contribution is 6.09. The zero-order valence-electron chi connectivity index (χ0n) is 7.09. The van der Waals surface area contributed by atoms with Gasteiger partial charge in [-0.05, 0) is 13.3 Å². The molecule has 0 N–H and O–H groups in total. The Kier molecular flexibility index (Phi) is 2.42. The van der Waals surface area contributed by atoms with Gasteiger partial charge in [0.05, 0.1) is 5.92 Å². The summed E-state index contributed by atoms with van der Waals surface area (Å²) in [4.78, 5) is 22.3. The van der Waals surface area contributed by atoms with Crippen LogP contribution in [0.25, 0.3) is 0 Å². The van der Waals surface area contributed by atoms with E-state index in [-0.39, 0.29) is 23.4 Å². The van der Waals surface area contributed by atoms with Crippen LogP contribution in [0.4, 0.5) is 0 Å². The fourth-order valence-corrected chi connectivity index (χ4v) is 1.63. The van der Waals surface area contributed by atoms with E-state index >= 15 is 0 Å². The van der Waals surface area contributed by atoms with Crippen molar-refractivity contribution in [1.82, 2.24) is 0 Å². The first-order valence-corrected chi connectivity index (χ1v) is 4.23. The van der Waals surface area contributed by atoms with E-state index in [1.807, 2.05) is 6.92 Å². The molecule has 1 saturated carbocycles. The van der Waals surface area contributed by atoms with E-state index in [4.69, 9.17) is 0 Å². The van der Waals surface area contributed by atoms with Gasteiger partial charge in [-0.25, -0.2) is 0 Å². The second-order valence-corrected chi connectivity index (χ2v) is 3.28. The molecule has 11 heavy (non-hydrogen) atoms. The second-order valence-electron chi connectivity index (χ2n) is 3.28. The van der Waals surface area contributed by atoms with Gasteiger partial charge in [-0.3, -0.25) is 9.59 Å². The number of rotatable bonds is 2. The average Bonchev–Trinajstić information content (AvgIpc) is 2.19. The van der Waals surface area contributed by atoms with Crippen molar-refractivity contribution in [2.24, 2.45) is 11.8 Å². The van der Waals surface area contributed by atoms with Crippen molar-refractivity contribution in [3.05, 3.63) is 0 Å². The molecule has 2 nitrogen and oxygen atoms in total. The molecule has 0 radical (unpaired) electrons. The quantitative estimate of drug-likeness (QED) is 0.566. The molecule has 0 saturated heterocycles. The van der Waals surface area contributed by atoms with Crippen LogP contribution in [0.1, 0.15) is 33.1 Å². The molecule has 0 heterocycles. The molecule has 1 fully saturated rings. The minimum atomic E-state index is -0.313. The van der Waals surface area contributed by atoms with Crippen LogP contribution in [-0.2, 0) is 9.59 Å². The van der Waals surface area contributed by atoms with E-state index in [9.17, 15) is 9.59 Å². The largest absolute Gasteiger partial charge is 0.299 e. The number of ketones is 2. The molecule has 1 aliphatic rings. The van der Waals surface area contributed by atoms with E-state index < -0.39 is 0 Å². The van der Waals surface area contributed by atoms with E-state index in [0.717, 1.165) is 12.8 Å². The highest BCUT2D eigenvalue weighted by atomic mass is 16.2. The molecule has 1 rings (SSSR count). The van der Waals surface area contributed by atoms with Crippen molar-refractivity contribution in [2.45, 2.75) is 33.1 Å². The fraction of sp³-hybridized carbons (Fsp3) is 0.778. The highest BCUT2D eigenvalue weighted by Crippen LogP contribution is 2.26. The molecule has 2 unspecified atom stereocenters. The Morgan fingerprint density at radius 2 is 2.09 bits per heavy atom. The third-order valence-electron chi connectivity index (χ3n) is 2.40. The third kappa shape index (κ3) is 1.50. The van der Waals surface area contributed by atoms with Crippen LogP contribution in [0, 0.1) is 11.8 Å². The van der Waals surface area contributed by atoms with Crippen LogP contribution >= 0.6 is 0 Å². The number of carbonyl (C=O) groups excluding carboxylic acids is 2. The van der Waals surface area contributed by atoms with Crippen LogP contribution in [-0.4, -0.2) is 11.6 Å². The minimum Gasteiger partial charge on any atom is -0.299 e. The summed E-state index contributed by atoms with van der Waals surface area (Å²) < 4.78 is 0. The first-order valence-electron chi connectivity index (χ1n) is 4.23. The number of hydrogen-bond donors (Lipinski definition) is 0. The predicted molar refractivity (Wildman–Crippen MR) is 42.2 cm³/mol. The lowest BCUT2D eigenvalue weighted by Gasteiger charge is -2.03. The van der Waals surface area contributed by atoms with Crippen LogP contribution in [0.15, 0.2) is 0 Å². The summed E-state index contributed by atoms with van der Waals surface area (Å²) >= 11 is 0. The van der Waals surface area contributed by atoms with Gasteiger partial charge in [-0.15, -0.1) is 0 Å². The maximum absolute atomic E-state index is 11.3. The SMILES string of the molecule is CCCC1CC(=O)C(C)C1=O. The lowest BCUT2D eigenvalue weighted by atomic mass is 10.00. The van der Waals surface area contributed by atoms with Crippen molar-refractivity contribution in [3.8, 4) is 0 Å². The third-order valence-corrected chi connectivity index (χ3v) is 2.40. The summed E-state index contributed by atoms with van der Waals surface area (Å²) in [5, 5.41) is 0. The van der Waals surface area contributed by atoms with Gasteiger partial charge in [0.15, 0.2) is 0 Å². The van der Waals surface area contributed by atoms with E-state index in [1.54, 1.807) is 6.92 Å². The highest BCUT2D eigenvalue weighted by Gasteiger charge is 2.36. The van der Waals surface area contributed by atoms with Crippen molar-refractivity contribution in [1.29, 1.82) is 0 Å². The first-order chi connectivity index (χ1) is 5.16. The molecule has 0 amide bonds. The molecule has 62 valence electrons. The minimum absolute atomic E-state index is 0.0440. The zero-order valence-corrected chi connectivity index (χ0v) is 7.09. The zero-order chi connectivity index (χ0) is 8.43. The lowest BCUT2D eigenvalue weighted by Crippen LogP contribution is -2.13. The first kappa shape index (κ1) is 8.44. The Morgan fingerprint density at radius 1 is 1.45 bits per heavy atom. The predicted octanol–water partition coefficient (Wildman–Crippen LogP) is 1.58. The van der Waals surface area contributed by atoms with Crippen LogP contribution in [0.5, 0.6) is 0 Å². The molecule has 2 heteroatoms. The van der Waals surface area contributed by atoms with Crippen molar-refractivity contribution >= 4 is 11.6 Å². The summed E-state index contributed by atoms with van der Waals surface area (Å²) in [5.41, 5.74) is 0.